The smallest absolute Gasteiger partial charge is 0.290 e. The van der Waals surface area contributed by atoms with E-state index in [1.165, 1.54) is 15.8 Å². The Morgan fingerprint density at radius 1 is 1.04 bits per heavy atom. The van der Waals surface area contributed by atoms with Crippen molar-refractivity contribution in [2.45, 2.75) is 33.2 Å². The summed E-state index contributed by atoms with van der Waals surface area (Å²) in [4.78, 5) is 12.5. The first-order valence-corrected chi connectivity index (χ1v) is 8.87. The van der Waals surface area contributed by atoms with E-state index in [-0.39, 0.29) is 22.9 Å². The first-order valence-electron chi connectivity index (χ1n) is 7.99. The van der Waals surface area contributed by atoms with Crippen LogP contribution >= 0.6 is 11.3 Å². The molecule has 0 saturated heterocycles. The molecule has 3 nitrogen and oxygen atoms in total. The molecule has 0 radical (unpaired) electrons. The van der Waals surface area contributed by atoms with Crippen LogP contribution in [0, 0.1) is 0 Å². The third kappa shape index (κ3) is 3.84. The maximum absolute atomic E-state index is 12.5. The van der Waals surface area contributed by atoms with Crippen LogP contribution in [0.4, 0.5) is 5.69 Å². The molecule has 0 saturated carbocycles. The van der Waals surface area contributed by atoms with E-state index in [4.69, 9.17) is 0 Å². The summed E-state index contributed by atoms with van der Waals surface area (Å²) in [5, 5.41) is 3.13. The number of aryl methyl sites for hydroxylation is 2. The van der Waals surface area contributed by atoms with Crippen LogP contribution in [-0.2, 0) is 24.2 Å². The molecule has 1 amide bonds. The number of carbonyl (C=O) groups excluding carboxylic acids is 1. The van der Waals surface area contributed by atoms with Gasteiger partial charge in [-0.25, -0.2) is 0 Å². The molecular weight excluding hydrogens is 384 g/mol. The molecule has 0 unspecified atom stereocenters. The van der Waals surface area contributed by atoms with Crippen molar-refractivity contribution in [3.05, 3.63) is 59.1 Å². The van der Waals surface area contributed by atoms with Gasteiger partial charge in [0.05, 0.1) is 0 Å². The maximum atomic E-state index is 12.5. The predicted molar refractivity (Wildman–Crippen MR) is 95.8 cm³/mol. The van der Waals surface area contributed by atoms with Gasteiger partial charge in [-0.3, -0.25) is 4.79 Å². The second-order valence-electron chi connectivity index (χ2n) is 5.53. The third-order valence-electron chi connectivity index (χ3n) is 4.06. The van der Waals surface area contributed by atoms with E-state index in [2.05, 4.69) is 49.5 Å². The first kappa shape index (κ1) is 18.6. The van der Waals surface area contributed by atoms with E-state index in [0.29, 0.717) is 6.54 Å². The Morgan fingerprint density at radius 2 is 1.71 bits per heavy atom. The summed E-state index contributed by atoms with van der Waals surface area (Å²) in [6.45, 7) is 4.57. The number of carbonyl (C=O) groups is 1. The zero-order valence-corrected chi connectivity index (χ0v) is 16.3. The average Bonchev–Trinajstić information content (AvgIpc) is 2.98. The van der Waals surface area contributed by atoms with Crippen LogP contribution in [0.2, 0.25) is 0 Å². The van der Waals surface area contributed by atoms with E-state index >= 15 is 0 Å². The van der Waals surface area contributed by atoms with Crippen LogP contribution in [0.15, 0.2) is 48.0 Å². The van der Waals surface area contributed by atoms with E-state index in [9.17, 15) is 4.79 Å². The van der Waals surface area contributed by atoms with Crippen molar-refractivity contribution >= 4 is 33.1 Å². The fourth-order valence-electron chi connectivity index (χ4n) is 2.83. The van der Waals surface area contributed by atoms with Gasteiger partial charge in [-0.15, -0.1) is 0 Å². The zero-order valence-electron chi connectivity index (χ0n) is 13.9. The number of fused-ring (bicyclic) bond motifs is 1. The fourth-order valence-corrected chi connectivity index (χ4v) is 3.72. The minimum absolute atomic E-state index is 0. The standard InChI is InChI=1S/C19H20N2OS.BrH/c1-3-14-8-7-9-15(4-2)19(14)20-18(22)12-21-13-23-17-11-6-5-10-16(17)21;/h5-11,13H,3-4,12H2,1-2H3;1H. The largest absolute Gasteiger partial charge is 1.00 e. The Hall–Kier alpha value is -1.72. The van der Waals surface area contributed by atoms with Gasteiger partial charge >= 0.3 is 0 Å². The number of benzene rings is 2. The van der Waals surface area contributed by atoms with Gasteiger partial charge < -0.3 is 22.3 Å². The lowest BCUT2D eigenvalue weighted by Crippen LogP contribution is -3.00. The highest BCUT2D eigenvalue weighted by atomic mass is 79.9. The molecule has 2 aromatic carbocycles. The molecular formula is C19H21BrN2OS. The normalized spacial score (nSPS) is 10.4. The number of amides is 1. The molecule has 0 aliphatic carbocycles. The van der Waals surface area contributed by atoms with Crippen molar-refractivity contribution in [3.8, 4) is 0 Å². The molecule has 3 rings (SSSR count). The number of hydrogen-bond acceptors (Lipinski definition) is 2. The van der Waals surface area contributed by atoms with Crippen molar-refractivity contribution in [2.24, 2.45) is 0 Å². The highest BCUT2D eigenvalue weighted by molar-refractivity contribution is 7.16. The molecule has 126 valence electrons. The van der Waals surface area contributed by atoms with Gasteiger partial charge in [0.1, 0.15) is 4.70 Å². The Bertz CT molecular complexity index is 822. The molecule has 3 aromatic rings. The summed E-state index contributed by atoms with van der Waals surface area (Å²) < 4.78 is 3.21. The maximum Gasteiger partial charge on any atom is 0.290 e. The number of halogens is 1. The first-order chi connectivity index (χ1) is 11.2. The number of hydrogen-bond donors (Lipinski definition) is 1. The van der Waals surface area contributed by atoms with Crippen molar-refractivity contribution < 1.29 is 26.3 Å². The minimum Gasteiger partial charge on any atom is -1.00 e. The number of rotatable bonds is 5. The lowest BCUT2D eigenvalue weighted by atomic mass is 10.0. The molecule has 0 bridgehead atoms. The van der Waals surface area contributed by atoms with Gasteiger partial charge in [0, 0.05) is 11.8 Å². The van der Waals surface area contributed by atoms with Crippen LogP contribution in [0.3, 0.4) is 0 Å². The Morgan fingerprint density at radius 3 is 2.38 bits per heavy atom. The number of nitrogens with one attached hydrogen (secondary N) is 1. The van der Waals surface area contributed by atoms with Crippen LogP contribution in [0.25, 0.3) is 10.2 Å². The lowest BCUT2D eigenvalue weighted by Gasteiger charge is -2.13. The summed E-state index contributed by atoms with van der Waals surface area (Å²) in [6.07, 6.45) is 1.83. The van der Waals surface area contributed by atoms with Gasteiger partial charge in [-0.05, 0) is 30.0 Å². The number of anilines is 1. The monoisotopic (exact) mass is 404 g/mol. The zero-order chi connectivity index (χ0) is 16.2. The quantitative estimate of drug-likeness (QED) is 0.631. The molecule has 0 fully saturated rings. The highest BCUT2D eigenvalue weighted by Crippen LogP contribution is 2.22. The lowest BCUT2D eigenvalue weighted by molar-refractivity contribution is -0.653. The Labute approximate surface area is 157 Å². The van der Waals surface area contributed by atoms with Crippen LogP contribution in [0.1, 0.15) is 25.0 Å². The molecule has 0 spiro atoms. The van der Waals surface area contributed by atoms with Gasteiger partial charge in [0.25, 0.3) is 5.91 Å². The number of nitrogens with zero attached hydrogens (tertiary/aromatic N) is 1. The molecule has 0 aliphatic rings. The molecule has 0 aliphatic heterocycles. The predicted octanol–water partition coefficient (Wildman–Crippen LogP) is 0.956. The average molecular weight is 405 g/mol. The van der Waals surface area contributed by atoms with E-state index in [0.717, 1.165) is 24.0 Å². The van der Waals surface area contributed by atoms with Crippen molar-refractivity contribution in [3.63, 3.8) is 0 Å². The number of aromatic nitrogens is 1. The molecule has 1 N–H and O–H groups in total. The summed E-state index contributed by atoms with van der Waals surface area (Å²) >= 11 is 1.66. The third-order valence-corrected chi connectivity index (χ3v) is 5.02. The topological polar surface area (TPSA) is 33.0 Å². The van der Waals surface area contributed by atoms with Gasteiger partial charge in [-0.2, -0.15) is 4.57 Å². The second-order valence-corrected chi connectivity index (χ2v) is 6.41. The van der Waals surface area contributed by atoms with Crippen LogP contribution in [-0.4, -0.2) is 5.91 Å². The molecule has 1 aromatic heterocycles. The van der Waals surface area contributed by atoms with E-state index in [1.807, 2.05) is 22.2 Å². The minimum atomic E-state index is 0. The summed E-state index contributed by atoms with van der Waals surface area (Å²) in [7, 11) is 0. The summed E-state index contributed by atoms with van der Waals surface area (Å²) in [6, 6.07) is 14.4. The summed E-state index contributed by atoms with van der Waals surface area (Å²) in [5.41, 5.74) is 6.49. The van der Waals surface area contributed by atoms with E-state index in [1.54, 1.807) is 11.3 Å². The Kier molecular flexibility index (Phi) is 6.52. The molecule has 5 heteroatoms. The molecule has 24 heavy (non-hydrogen) atoms. The van der Waals surface area contributed by atoms with Gasteiger partial charge in [0.2, 0.25) is 17.6 Å². The van der Waals surface area contributed by atoms with Crippen molar-refractivity contribution in [2.75, 3.05) is 5.32 Å². The van der Waals surface area contributed by atoms with Crippen molar-refractivity contribution in [1.82, 2.24) is 0 Å². The SMILES string of the molecule is CCc1cccc(CC)c1NC(=O)C[n+]1csc2ccccc21.[Br-]. The Balaban J connectivity index is 0.00000208. The number of para-hydroxylation sites is 2. The summed E-state index contributed by atoms with van der Waals surface area (Å²) in [5.74, 6) is 0.0224. The van der Waals surface area contributed by atoms with Gasteiger partial charge in [-0.1, -0.05) is 55.5 Å². The van der Waals surface area contributed by atoms with Gasteiger partial charge in [0.15, 0.2) is 0 Å². The van der Waals surface area contributed by atoms with Crippen LogP contribution in [0.5, 0.6) is 0 Å². The molecule has 1 heterocycles. The highest BCUT2D eigenvalue weighted by Gasteiger charge is 2.17. The second kappa shape index (κ2) is 8.40. The number of thiazole rings is 1. The fraction of sp³-hybridized carbons (Fsp3) is 0.263. The van der Waals surface area contributed by atoms with E-state index < -0.39 is 0 Å². The van der Waals surface area contributed by atoms with Crippen LogP contribution < -0.4 is 26.9 Å². The molecule has 0 atom stereocenters. The van der Waals surface area contributed by atoms with Crippen molar-refractivity contribution in [1.29, 1.82) is 0 Å².